The predicted octanol–water partition coefficient (Wildman–Crippen LogP) is -0.264. The third kappa shape index (κ3) is 2.81. The Hall–Kier alpha value is -1.14. The molecule has 0 aromatic heterocycles. The summed E-state index contributed by atoms with van der Waals surface area (Å²) in [4.78, 5) is 23.5. The van der Waals surface area contributed by atoms with E-state index in [9.17, 15) is 14.7 Å². The lowest BCUT2D eigenvalue weighted by Gasteiger charge is -2.35. The molecule has 6 nitrogen and oxygen atoms in total. The van der Waals surface area contributed by atoms with Crippen molar-refractivity contribution < 1.29 is 19.4 Å². The lowest BCUT2D eigenvalue weighted by atomic mass is 9.88. The van der Waals surface area contributed by atoms with Gasteiger partial charge in [-0.2, -0.15) is 0 Å². The monoisotopic (exact) mass is 256 g/mol. The molecule has 0 spiro atoms. The van der Waals surface area contributed by atoms with Crippen LogP contribution in [0, 0.1) is 5.92 Å². The lowest BCUT2D eigenvalue weighted by Crippen LogP contribution is -2.59. The molecule has 1 amide bonds. The van der Waals surface area contributed by atoms with Gasteiger partial charge in [-0.15, -0.1) is 0 Å². The van der Waals surface area contributed by atoms with Gasteiger partial charge >= 0.3 is 5.97 Å². The molecule has 2 heterocycles. The Labute approximate surface area is 106 Å². The van der Waals surface area contributed by atoms with Crippen LogP contribution in [-0.4, -0.2) is 48.8 Å². The summed E-state index contributed by atoms with van der Waals surface area (Å²) >= 11 is 0. The normalized spacial score (nSPS) is 27.4. The largest absolute Gasteiger partial charge is 0.480 e. The van der Waals surface area contributed by atoms with Crippen LogP contribution in [0.3, 0.4) is 0 Å². The van der Waals surface area contributed by atoms with E-state index < -0.39 is 11.5 Å². The number of ether oxygens (including phenoxy) is 1. The number of carboxylic acid groups (broad SMARTS) is 1. The van der Waals surface area contributed by atoms with E-state index in [2.05, 4.69) is 10.6 Å². The smallest absolute Gasteiger partial charge is 0.329 e. The van der Waals surface area contributed by atoms with Gasteiger partial charge in [0.15, 0.2) is 0 Å². The van der Waals surface area contributed by atoms with Crippen LogP contribution in [0.25, 0.3) is 0 Å². The van der Waals surface area contributed by atoms with Gasteiger partial charge in [0.05, 0.1) is 5.92 Å². The molecule has 0 saturated carbocycles. The number of amides is 1. The first kappa shape index (κ1) is 13.3. The molecule has 2 saturated heterocycles. The lowest BCUT2D eigenvalue weighted by molar-refractivity contribution is -0.152. The van der Waals surface area contributed by atoms with E-state index >= 15 is 0 Å². The molecule has 0 bridgehead atoms. The van der Waals surface area contributed by atoms with Crippen LogP contribution in [0.4, 0.5) is 0 Å². The first-order valence-electron chi connectivity index (χ1n) is 6.48. The SMILES string of the molecule is O=C(NC1(C(=O)O)CCOCC1)[C@@H]1CCCNC1. The molecule has 0 radical (unpaired) electrons. The Balaban J connectivity index is 1.99. The quantitative estimate of drug-likeness (QED) is 0.647. The molecule has 2 rings (SSSR count). The van der Waals surface area contributed by atoms with Crippen LogP contribution in [0.5, 0.6) is 0 Å². The summed E-state index contributed by atoms with van der Waals surface area (Å²) in [6.45, 7) is 2.34. The van der Waals surface area contributed by atoms with Crippen LogP contribution >= 0.6 is 0 Å². The van der Waals surface area contributed by atoms with Gasteiger partial charge in [0.1, 0.15) is 5.54 Å². The molecular weight excluding hydrogens is 236 g/mol. The highest BCUT2D eigenvalue weighted by atomic mass is 16.5. The van der Waals surface area contributed by atoms with Crippen molar-refractivity contribution in [3.05, 3.63) is 0 Å². The predicted molar refractivity (Wildman–Crippen MR) is 64.2 cm³/mol. The topological polar surface area (TPSA) is 87.7 Å². The second-order valence-electron chi connectivity index (χ2n) is 5.03. The van der Waals surface area contributed by atoms with Crippen molar-refractivity contribution in [2.75, 3.05) is 26.3 Å². The Morgan fingerprint density at radius 2 is 2.06 bits per heavy atom. The van der Waals surface area contributed by atoms with Gasteiger partial charge in [-0.1, -0.05) is 0 Å². The number of piperidine rings is 1. The minimum atomic E-state index is -1.13. The molecule has 0 aromatic carbocycles. The first-order chi connectivity index (χ1) is 8.64. The fourth-order valence-electron chi connectivity index (χ4n) is 2.53. The van der Waals surface area contributed by atoms with Gasteiger partial charge in [-0.25, -0.2) is 4.79 Å². The van der Waals surface area contributed by atoms with Crippen LogP contribution < -0.4 is 10.6 Å². The number of carboxylic acids is 1. The first-order valence-corrected chi connectivity index (χ1v) is 6.48. The van der Waals surface area contributed by atoms with Gasteiger partial charge in [0, 0.05) is 32.6 Å². The molecule has 18 heavy (non-hydrogen) atoms. The number of nitrogens with one attached hydrogen (secondary N) is 2. The molecule has 0 aromatic rings. The van der Waals surface area contributed by atoms with E-state index in [1.54, 1.807) is 0 Å². The molecular formula is C12H20N2O4. The Morgan fingerprint density at radius 1 is 1.33 bits per heavy atom. The highest BCUT2D eigenvalue weighted by molar-refractivity contribution is 5.88. The van der Waals surface area contributed by atoms with Crippen molar-refractivity contribution in [1.82, 2.24) is 10.6 Å². The Kier molecular flexibility index (Phi) is 4.19. The van der Waals surface area contributed by atoms with Crippen molar-refractivity contribution in [2.24, 2.45) is 5.92 Å². The molecule has 0 aliphatic carbocycles. The maximum absolute atomic E-state index is 12.1. The van der Waals surface area contributed by atoms with E-state index in [0.717, 1.165) is 19.4 Å². The zero-order valence-electron chi connectivity index (χ0n) is 10.4. The molecule has 1 atom stereocenters. The van der Waals surface area contributed by atoms with Crippen molar-refractivity contribution in [3.8, 4) is 0 Å². The summed E-state index contributed by atoms with van der Waals surface area (Å²) in [7, 11) is 0. The van der Waals surface area contributed by atoms with Crippen molar-refractivity contribution >= 4 is 11.9 Å². The van der Waals surface area contributed by atoms with Crippen LogP contribution in [0.2, 0.25) is 0 Å². The van der Waals surface area contributed by atoms with Crippen LogP contribution in [0.1, 0.15) is 25.7 Å². The Morgan fingerprint density at radius 3 is 2.61 bits per heavy atom. The fourth-order valence-corrected chi connectivity index (χ4v) is 2.53. The molecule has 6 heteroatoms. The van der Waals surface area contributed by atoms with Crippen LogP contribution in [-0.2, 0) is 14.3 Å². The summed E-state index contributed by atoms with van der Waals surface area (Å²) in [6.07, 6.45) is 2.47. The number of hydrogen-bond donors (Lipinski definition) is 3. The molecule has 2 aliphatic heterocycles. The summed E-state index contributed by atoms with van der Waals surface area (Å²) in [5, 5.41) is 15.3. The van der Waals surface area contributed by atoms with Gasteiger partial charge in [0.2, 0.25) is 5.91 Å². The van der Waals surface area contributed by atoms with E-state index in [4.69, 9.17) is 4.74 Å². The van der Waals surface area contributed by atoms with E-state index in [-0.39, 0.29) is 11.8 Å². The fraction of sp³-hybridized carbons (Fsp3) is 0.833. The summed E-state index contributed by atoms with van der Waals surface area (Å²) in [5.41, 5.74) is -1.13. The summed E-state index contributed by atoms with van der Waals surface area (Å²) in [5.74, 6) is -1.22. The van der Waals surface area contributed by atoms with E-state index in [0.29, 0.717) is 32.6 Å². The molecule has 102 valence electrons. The number of rotatable bonds is 3. The van der Waals surface area contributed by atoms with Crippen molar-refractivity contribution in [2.45, 2.75) is 31.2 Å². The van der Waals surface area contributed by atoms with Crippen molar-refractivity contribution in [3.63, 3.8) is 0 Å². The standard InChI is InChI=1S/C12H20N2O4/c15-10(9-2-1-5-13-8-9)14-12(11(16)17)3-6-18-7-4-12/h9,13H,1-8H2,(H,14,15)(H,16,17)/t9-/m1/s1. The molecule has 0 unspecified atom stereocenters. The third-order valence-electron chi connectivity index (χ3n) is 3.79. The van der Waals surface area contributed by atoms with E-state index in [1.807, 2.05) is 0 Å². The third-order valence-corrected chi connectivity index (χ3v) is 3.79. The minimum Gasteiger partial charge on any atom is -0.480 e. The number of hydrogen-bond acceptors (Lipinski definition) is 4. The molecule has 2 aliphatic rings. The highest BCUT2D eigenvalue weighted by Gasteiger charge is 2.42. The average Bonchev–Trinajstić information content (AvgIpc) is 2.40. The molecule has 2 fully saturated rings. The zero-order valence-corrected chi connectivity index (χ0v) is 10.4. The zero-order chi connectivity index (χ0) is 13.0. The van der Waals surface area contributed by atoms with Crippen LogP contribution in [0.15, 0.2) is 0 Å². The maximum Gasteiger partial charge on any atom is 0.329 e. The molecule has 3 N–H and O–H groups in total. The van der Waals surface area contributed by atoms with E-state index in [1.165, 1.54) is 0 Å². The number of aliphatic carboxylic acids is 1. The average molecular weight is 256 g/mol. The Bertz CT molecular complexity index is 320. The van der Waals surface area contributed by atoms with Gasteiger partial charge in [-0.3, -0.25) is 4.79 Å². The second kappa shape index (κ2) is 5.67. The summed E-state index contributed by atoms with van der Waals surface area (Å²) < 4.78 is 5.17. The number of carbonyl (C=O) groups is 2. The van der Waals surface area contributed by atoms with Gasteiger partial charge in [-0.05, 0) is 19.4 Å². The minimum absolute atomic E-state index is 0.113. The van der Waals surface area contributed by atoms with Gasteiger partial charge < -0.3 is 20.5 Å². The van der Waals surface area contributed by atoms with Gasteiger partial charge in [0.25, 0.3) is 0 Å². The second-order valence-corrected chi connectivity index (χ2v) is 5.03. The number of carbonyl (C=O) groups excluding carboxylic acids is 1. The maximum atomic E-state index is 12.1. The van der Waals surface area contributed by atoms with Crippen molar-refractivity contribution in [1.29, 1.82) is 0 Å². The summed E-state index contributed by atoms with van der Waals surface area (Å²) in [6, 6.07) is 0. The highest BCUT2D eigenvalue weighted by Crippen LogP contribution is 2.22.